The molecule has 0 atom stereocenters. The van der Waals surface area contributed by atoms with Crippen LogP contribution in [0.4, 0.5) is 11.6 Å². The molecule has 6 N–H and O–H groups in total. The van der Waals surface area contributed by atoms with Crippen LogP contribution in [-0.2, 0) is 0 Å². The topological polar surface area (TPSA) is 135 Å². The molecule has 0 amide bonds. The maximum Gasteiger partial charge on any atom is 0.193 e. The number of aromatic hydroxyl groups is 2. The number of pyridine rings is 2. The Bertz CT molecular complexity index is 1170. The molecule has 2 aromatic heterocycles. The molecule has 2 aromatic carbocycles. The predicted molar refractivity (Wildman–Crippen MR) is 115 cm³/mol. The fourth-order valence-electron chi connectivity index (χ4n) is 3.13. The first-order chi connectivity index (χ1) is 14.4. The molecule has 0 saturated carbocycles. The molecule has 30 heavy (non-hydrogen) atoms. The number of carbonyl (C=O) groups is 1. The number of nitrogens with two attached hydrogens (primary N) is 2. The van der Waals surface area contributed by atoms with Gasteiger partial charge in [-0.15, -0.1) is 0 Å². The van der Waals surface area contributed by atoms with Gasteiger partial charge in [0, 0.05) is 22.3 Å². The Hall–Kier alpha value is -4.39. The van der Waals surface area contributed by atoms with Gasteiger partial charge in [0.1, 0.15) is 23.1 Å². The smallest absolute Gasteiger partial charge is 0.193 e. The number of benzene rings is 2. The molecule has 2 heterocycles. The van der Waals surface area contributed by atoms with E-state index in [1.165, 1.54) is 24.3 Å². The molecule has 148 valence electrons. The Morgan fingerprint density at radius 1 is 0.667 bits per heavy atom. The fourth-order valence-corrected chi connectivity index (χ4v) is 3.13. The van der Waals surface area contributed by atoms with Gasteiger partial charge in [0.25, 0.3) is 0 Å². The second-order valence-electron chi connectivity index (χ2n) is 6.69. The van der Waals surface area contributed by atoms with Gasteiger partial charge in [-0.2, -0.15) is 0 Å². The van der Waals surface area contributed by atoms with E-state index in [1.807, 2.05) is 0 Å². The van der Waals surface area contributed by atoms with Gasteiger partial charge < -0.3 is 21.7 Å². The average molecular weight is 398 g/mol. The lowest BCUT2D eigenvalue weighted by Gasteiger charge is -2.10. The van der Waals surface area contributed by atoms with Crippen LogP contribution in [0.1, 0.15) is 15.9 Å². The maximum atomic E-state index is 13.1. The summed E-state index contributed by atoms with van der Waals surface area (Å²) in [5.74, 6) is 0.299. The van der Waals surface area contributed by atoms with E-state index < -0.39 is 0 Å². The van der Waals surface area contributed by atoms with Gasteiger partial charge in [-0.1, -0.05) is 12.1 Å². The summed E-state index contributed by atoms with van der Waals surface area (Å²) in [7, 11) is 0. The fraction of sp³-hybridized carbons (Fsp3) is 0. The van der Waals surface area contributed by atoms with Crippen molar-refractivity contribution in [2.45, 2.75) is 0 Å². The highest BCUT2D eigenvalue weighted by Crippen LogP contribution is 2.32. The van der Waals surface area contributed by atoms with Crippen molar-refractivity contribution in [1.29, 1.82) is 0 Å². The lowest BCUT2D eigenvalue weighted by Crippen LogP contribution is -2.03. The van der Waals surface area contributed by atoms with Crippen molar-refractivity contribution in [2.75, 3.05) is 11.5 Å². The molecule has 7 nitrogen and oxygen atoms in total. The lowest BCUT2D eigenvalue weighted by molar-refractivity contribution is 0.103. The van der Waals surface area contributed by atoms with Crippen molar-refractivity contribution >= 4 is 17.4 Å². The van der Waals surface area contributed by atoms with Crippen molar-refractivity contribution in [3.63, 3.8) is 0 Å². The van der Waals surface area contributed by atoms with E-state index in [0.717, 1.165) is 0 Å². The van der Waals surface area contributed by atoms with Crippen molar-refractivity contribution in [3.05, 3.63) is 83.9 Å². The molecule has 4 rings (SSSR count). The van der Waals surface area contributed by atoms with Gasteiger partial charge in [0.15, 0.2) is 5.78 Å². The Labute approximate surface area is 172 Å². The summed E-state index contributed by atoms with van der Waals surface area (Å²) in [4.78, 5) is 21.5. The summed E-state index contributed by atoms with van der Waals surface area (Å²) in [6.45, 7) is 0. The van der Waals surface area contributed by atoms with Crippen molar-refractivity contribution in [2.24, 2.45) is 0 Å². The van der Waals surface area contributed by atoms with Crippen molar-refractivity contribution < 1.29 is 15.0 Å². The Morgan fingerprint density at radius 3 is 1.50 bits per heavy atom. The van der Waals surface area contributed by atoms with Crippen molar-refractivity contribution in [3.8, 4) is 34.0 Å². The minimum absolute atomic E-state index is 0.0139. The lowest BCUT2D eigenvalue weighted by atomic mass is 9.97. The molecular formula is C23H18N4O3. The van der Waals surface area contributed by atoms with Gasteiger partial charge in [0.2, 0.25) is 0 Å². The highest BCUT2D eigenvalue weighted by Gasteiger charge is 2.16. The number of nitrogen functional groups attached to an aromatic ring is 2. The van der Waals surface area contributed by atoms with Gasteiger partial charge in [0.05, 0.1) is 11.4 Å². The second-order valence-corrected chi connectivity index (χ2v) is 6.69. The number of phenols is 2. The van der Waals surface area contributed by atoms with Crippen LogP contribution in [-0.4, -0.2) is 26.0 Å². The Morgan fingerprint density at radius 2 is 1.10 bits per heavy atom. The standard InChI is InChI=1S/C23H18N4O3/c24-21-5-1-3-17(26-21)15-11-13(7-9-19(15)28)23(30)14-8-10-20(29)16(12-14)18-4-2-6-22(25)27-18/h1-12,28-29H,(H2,24,26)(H2,25,27). The molecule has 0 unspecified atom stereocenters. The third-order valence-electron chi connectivity index (χ3n) is 4.61. The summed E-state index contributed by atoms with van der Waals surface area (Å²) in [6.07, 6.45) is 0. The van der Waals surface area contributed by atoms with E-state index in [9.17, 15) is 15.0 Å². The van der Waals surface area contributed by atoms with E-state index >= 15 is 0 Å². The monoisotopic (exact) mass is 398 g/mol. The number of rotatable bonds is 4. The van der Waals surface area contributed by atoms with Crippen LogP contribution in [0.15, 0.2) is 72.8 Å². The van der Waals surface area contributed by atoms with Gasteiger partial charge in [-0.05, 0) is 60.7 Å². The first-order valence-electron chi connectivity index (χ1n) is 9.09. The van der Waals surface area contributed by atoms with Crippen LogP contribution < -0.4 is 11.5 Å². The number of anilines is 2. The summed E-state index contributed by atoms with van der Waals surface area (Å²) < 4.78 is 0. The zero-order valence-electron chi connectivity index (χ0n) is 15.8. The van der Waals surface area contributed by atoms with Crippen LogP contribution in [0.25, 0.3) is 22.5 Å². The maximum absolute atomic E-state index is 13.1. The third-order valence-corrected chi connectivity index (χ3v) is 4.61. The van der Waals surface area contributed by atoms with E-state index in [-0.39, 0.29) is 17.3 Å². The van der Waals surface area contributed by atoms with Crippen LogP contribution >= 0.6 is 0 Å². The molecular weight excluding hydrogens is 380 g/mol. The van der Waals surface area contributed by atoms with Crippen LogP contribution in [0.2, 0.25) is 0 Å². The van der Waals surface area contributed by atoms with Gasteiger partial charge in [-0.25, -0.2) is 9.97 Å². The molecule has 0 aliphatic carbocycles. The largest absolute Gasteiger partial charge is 0.507 e. The molecule has 0 bridgehead atoms. The average Bonchev–Trinajstić information content (AvgIpc) is 2.74. The number of phenolic OH excluding ortho intramolecular Hbond substituents is 2. The first-order valence-corrected chi connectivity index (χ1v) is 9.09. The third kappa shape index (κ3) is 3.64. The Kier molecular flexibility index (Phi) is 4.77. The molecule has 0 radical (unpaired) electrons. The van der Waals surface area contributed by atoms with Crippen LogP contribution in [0.5, 0.6) is 11.5 Å². The van der Waals surface area contributed by atoms with Crippen LogP contribution in [0, 0.1) is 0 Å². The number of carbonyl (C=O) groups excluding carboxylic acids is 1. The molecule has 0 fully saturated rings. The second kappa shape index (κ2) is 7.56. The summed E-state index contributed by atoms with van der Waals surface area (Å²) in [6, 6.07) is 19.2. The number of ketones is 1. The van der Waals surface area contributed by atoms with E-state index in [1.54, 1.807) is 48.5 Å². The van der Waals surface area contributed by atoms with Gasteiger partial charge in [-0.3, -0.25) is 4.79 Å². The molecule has 0 spiro atoms. The summed E-state index contributed by atoms with van der Waals surface area (Å²) in [5.41, 5.74) is 13.9. The zero-order valence-corrected chi connectivity index (χ0v) is 15.8. The molecule has 4 aromatic rings. The number of hydrogen-bond donors (Lipinski definition) is 4. The van der Waals surface area contributed by atoms with E-state index in [2.05, 4.69) is 9.97 Å². The quantitative estimate of drug-likeness (QED) is 0.386. The minimum Gasteiger partial charge on any atom is -0.507 e. The SMILES string of the molecule is Nc1cccc(-c2cc(C(=O)c3ccc(O)c(-c4cccc(N)n4)c3)ccc2O)n1. The molecule has 0 saturated heterocycles. The Balaban J connectivity index is 1.75. The van der Waals surface area contributed by atoms with Crippen molar-refractivity contribution in [1.82, 2.24) is 9.97 Å². The van der Waals surface area contributed by atoms with Crippen LogP contribution in [0.3, 0.4) is 0 Å². The van der Waals surface area contributed by atoms with Gasteiger partial charge >= 0.3 is 0 Å². The summed E-state index contributed by atoms with van der Waals surface area (Å²) in [5, 5.41) is 20.5. The first kappa shape index (κ1) is 18.9. The highest BCUT2D eigenvalue weighted by atomic mass is 16.3. The highest BCUT2D eigenvalue weighted by molar-refractivity contribution is 6.10. The van der Waals surface area contributed by atoms with E-state index in [4.69, 9.17) is 11.5 Å². The number of nitrogens with zero attached hydrogens (tertiary/aromatic N) is 2. The number of hydrogen-bond acceptors (Lipinski definition) is 7. The zero-order chi connectivity index (χ0) is 21.3. The normalized spacial score (nSPS) is 10.7. The molecule has 7 heteroatoms. The molecule has 0 aliphatic rings. The predicted octanol–water partition coefficient (Wildman–Crippen LogP) is 3.62. The van der Waals surface area contributed by atoms with E-state index in [0.29, 0.717) is 45.3 Å². The number of aromatic nitrogens is 2. The summed E-state index contributed by atoms with van der Waals surface area (Å²) >= 11 is 0. The molecule has 0 aliphatic heterocycles. The minimum atomic E-state index is -0.287.